The van der Waals surface area contributed by atoms with Gasteiger partial charge in [-0.3, -0.25) is 0 Å². The number of nitrogens with zero attached hydrogens (tertiary/aromatic N) is 1. The third-order valence-electron chi connectivity index (χ3n) is 6.62. The number of anilines is 3. The Kier molecular flexibility index (Phi) is 3.61. The van der Waals surface area contributed by atoms with Gasteiger partial charge in [-0.1, -0.05) is 133 Å². The van der Waals surface area contributed by atoms with E-state index in [0.29, 0.717) is 11.1 Å². The average molecular weight is 509 g/mol. The fraction of sp³-hybridized carbons (Fsp3) is 0. The Labute approximate surface area is 244 Å². The Morgan fingerprint density at radius 1 is 0.436 bits per heavy atom. The van der Waals surface area contributed by atoms with Crippen molar-refractivity contribution in [2.24, 2.45) is 0 Å². The van der Waals surface area contributed by atoms with E-state index in [2.05, 4.69) is 0 Å². The summed E-state index contributed by atoms with van der Waals surface area (Å²) in [6.45, 7) is 0. The van der Waals surface area contributed by atoms with E-state index in [-0.39, 0.29) is 45.5 Å². The molecule has 7 aromatic carbocycles. The van der Waals surface area contributed by atoms with Crippen LogP contribution in [0.25, 0.3) is 43.8 Å². The van der Waals surface area contributed by atoms with Gasteiger partial charge >= 0.3 is 0 Å². The van der Waals surface area contributed by atoms with E-state index in [9.17, 15) is 4.11 Å². The maximum atomic E-state index is 9.30. The van der Waals surface area contributed by atoms with Crippen LogP contribution >= 0.6 is 0 Å². The standard InChI is InChI=1S/C38H27N/c1-2-11-28(12-3-1)29-23-25-33(26-24-29)39(38-22-10-16-31-14-5-7-20-37(31)38)34-18-8-17-32(27-34)36-21-9-15-30-13-4-6-19-35(30)36/h1-27H/i5D,7D,10D,14D,16D,20D,22D,23D,24D,25D,26D. The van der Waals surface area contributed by atoms with E-state index >= 15 is 0 Å². The predicted molar refractivity (Wildman–Crippen MR) is 167 cm³/mol. The Hall–Kier alpha value is -5.14. The Balaban J connectivity index is 1.63. The predicted octanol–water partition coefficient (Wildman–Crippen LogP) is 10.8. The first kappa shape index (κ1) is 14.1. The summed E-state index contributed by atoms with van der Waals surface area (Å²) in [4.78, 5) is 1.27. The first-order valence-electron chi connectivity index (χ1n) is 18.0. The molecule has 0 spiro atoms. The van der Waals surface area contributed by atoms with Gasteiger partial charge in [-0.2, -0.15) is 0 Å². The van der Waals surface area contributed by atoms with E-state index in [1.165, 1.54) is 4.90 Å². The highest BCUT2D eigenvalue weighted by Gasteiger charge is 2.16. The van der Waals surface area contributed by atoms with Gasteiger partial charge in [-0.15, -0.1) is 0 Å². The molecule has 1 heteroatoms. The van der Waals surface area contributed by atoms with Gasteiger partial charge in [-0.05, 0) is 68.7 Å². The van der Waals surface area contributed by atoms with Gasteiger partial charge in [0.1, 0.15) is 0 Å². The summed E-state index contributed by atoms with van der Waals surface area (Å²) in [5, 5.41) is 1.39. The summed E-state index contributed by atoms with van der Waals surface area (Å²) >= 11 is 0. The van der Waals surface area contributed by atoms with Crippen LogP contribution in [0.15, 0.2) is 164 Å². The highest BCUT2D eigenvalue weighted by molar-refractivity contribution is 6.00. The molecule has 0 unspecified atom stereocenters. The largest absolute Gasteiger partial charge is 0.310 e. The van der Waals surface area contributed by atoms with Crippen molar-refractivity contribution in [2.75, 3.05) is 4.90 Å². The van der Waals surface area contributed by atoms with Crippen molar-refractivity contribution in [3.63, 3.8) is 0 Å². The summed E-state index contributed by atoms with van der Waals surface area (Å²) in [7, 11) is 0. The summed E-state index contributed by atoms with van der Waals surface area (Å²) in [6, 6.07) is 23.5. The molecule has 0 bridgehead atoms. The Morgan fingerprint density at radius 2 is 1.15 bits per heavy atom. The molecule has 0 saturated heterocycles. The summed E-state index contributed by atoms with van der Waals surface area (Å²) < 4.78 is 97.8. The van der Waals surface area contributed by atoms with Gasteiger partial charge in [0, 0.05) is 16.8 Å². The first-order valence-corrected chi connectivity index (χ1v) is 12.5. The molecule has 7 aromatic rings. The van der Waals surface area contributed by atoms with Crippen LogP contribution in [0.4, 0.5) is 17.1 Å². The molecule has 7 rings (SSSR count). The molecule has 0 aromatic heterocycles. The molecular formula is C38H27N. The molecule has 0 N–H and O–H groups in total. The molecule has 0 aliphatic heterocycles. The highest BCUT2D eigenvalue weighted by Crippen LogP contribution is 2.41. The van der Waals surface area contributed by atoms with E-state index in [1.807, 2.05) is 48.5 Å². The zero-order valence-electron chi connectivity index (χ0n) is 31.7. The molecule has 39 heavy (non-hydrogen) atoms. The molecule has 0 heterocycles. The van der Waals surface area contributed by atoms with Crippen LogP contribution < -0.4 is 4.90 Å². The SMILES string of the molecule is [2H]c1c([2H])c(N(c2cccc(-c3cccc4ccccc34)c2)c2c([2H])c([2H])c([2H])c3c([2H])c([2H])c([2H])c([2H])c23)c([2H])c([2H])c1-c1ccccc1. The van der Waals surface area contributed by atoms with Gasteiger partial charge in [0.15, 0.2) is 0 Å². The monoisotopic (exact) mass is 508 g/mol. The maximum Gasteiger partial charge on any atom is 0.0645 e. The van der Waals surface area contributed by atoms with Gasteiger partial charge in [0.05, 0.1) is 20.8 Å². The van der Waals surface area contributed by atoms with Crippen molar-refractivity contribution in [3.8, 4) is 22.3 Å². The molecular weight excluding hydrogens is 470 g/mol. The lowest BCUT2D eigenvalue weighted by atomic mass is 9.97. The number of fused-ring (bicyclic) bond motifs is 2. The number of hydrogen-bond donors (Lipinski definition) is 0. The fourth-order valence-corrected chi connectivity index (χ4v) is 4.79. The van der Waals surface area contributed by atoms with Crippen LogP contribution in [-0.2, 0) is 0 Å². The van der Waals surface area contributed by atoms with Crippen LogP contribution in [-0.4, -0.2) is 0 Å². The Morgan fingerprint density at radius 3 is 2.05 bits per heavy atom. The van der Waals surface area contributed by atoms with Gasteiger partial charge in [-0.25, -0.2) is 0 Å². The third kappa shape index (κ3) is 4.35. The quantitative estimate of drug-likeness (QED) is 0.223. The lowest BCUT2D eigenvalue weighted by molar-refractivity contribution is 1.30. The molecule has 0 aliphatic rings. The van der Waals surface area contributed by atoms with Crippen molar-refractivity contribution in [2.45, 2.75) is 0 Å². The zero-order chi connectivity index (χ0) is 35.6. The molecule has 0 aliphatic carbocycles. The van der Waals surface area contributed by atoms with Crippen molar-refractivity contribution >= 4 is 38.6 Å². The van der Waals surface area contributed by atoms with Crippen LogP contribution in [0.5, 0.6) is 0 Å². The van der Waals surface area contributed by atoms with Crippen molar-refractivity contribution in [3.05, 3.63) is 164 Å². The topological polar surface area (TPSA) is 3.24 Å². The van der Waals surface area contributed by atoms with Crippen LogP contribution in [0, 0.1) is 0 Å². The van der Waals surface area contributed by atoms with Gasteiger partial charge in [0.2, 0.25) is 0 Å². The zero-order valence-corrected chi connectivity index (χ0v) is 20.7. The molecule has 0 fully saturated rings. The van der Waals surface area contributed by atoms with Gasteiger partial charge in [0.25, 0.3) is 0 Å². The second kappa shape index (κ2) is 9.96. The summed E-state index contributed by atoms with van der Waals surface area (Å²) in [5.41, 5.74) is 1.79. The van der Waals surface area contributed by atoms with Crippen molar-refractivity contribution < 1.29 is 15.1 Å². The third-order valence-corrected chi connectivity index (χ3v) is 6.62. The second-order valence-corrected chi connectivity index (χ2v) is 8.98. The van der Waals surface area contributed by atoms with Crippen molar-refractivity contribution in [1.29, 1.82) is 0 Å². The van der Waals surface area contributed by atoms with E-state index in [4.69, 9.17) is 11.0 Å². The number of hydrogen-bond acceptors (Lipinski definition) is 1. The van der Waals surface area contributed by atoms with Gasteiger partial charge < -0.3 is 4.90 Å². The normalized spacial score (nSPS) is 15.0. The molecule has 0 saturated carbocycles. The average Bonchev–Trinajstić information content (AvgIpc) is 3.13. The smallest absolute Gasteiger partial charge is 0.0645 e. The van der Waals surface area contributed by atoms with Crippen molar-refractivity contribution in [1.82, 2.24) is 0 Å². The summed E-state index contributed by atoms with van der Waals surface area (Å²) in [6.07, 6.45) is 0. The van der Waals surface area contributed by atoms with Crippen LogP contribution in [0.1, 0.15) is 15.1 Å². The minimum Gasteiger partial charge on any atom is -0.310 e. The van der Waals surface area contributed by atoms with Crippen LogP contribution in [0.2, 0.25) is 0 Å². The summed E-state index contributed by atoms with van der Waals surface area (Å²) in [5.74, 6) is 0. The minimum absolute atomic E-state index is 0.0642. The maximum absolute atomic E-state index is 9.30. The lowest BCUT2D eigenvalue weighted by Crippen LogP contribution is -2.10. The molecule has 0 radical (unpaired) electrons. The first-order chi connectivity index (χ1) is 23.9. The number of benzene rings is 7. The minimum atomic E-state index is -0.622. The molecule has 184 valence electrons. The van der Waals surface area contributed by atoms with Crippen LogP contribution in [0.3, 0.4) is 0 Å². The lowest BCUT2D eigenvalue weighted by Gasteiger charge is -2.27. The molecule has 1 nitrogen and oxygen atoms in total. The second-order valence-electron chi connectivity index (χ2n) is 8.98. The highest BCUT2D eigenvalue weighted by atomic mass is 15.1. The molecule has 0 atom stereocenters. The van der Waals surface area contributed by atoms with E-state index in [1.54, 1.807) is 48.5 Å². The molecule has 0 amide bonds. The number of rotatable bonds is 5. The fourth-order valence-electron chi connectivity index (χ4n) is 4.79. The van der Waals surface area contributed by atoms with E-state index in [0.717, 1.165) is 16.3 Å². The Bertz CT molecular complexity index is 2470. The van der Waals surface area contributed by atoms with E-state index < -0.39 is 54.4 Å².